The molecule has 4 nitrogen and oxygen atoms in total. The highest BCUT2D eigenvalue weighted by atomic mass is 16.5. The van der Waals surface area contributed by atoms with E-state index in [0.29, 0.717) is 11.8 Å². The largest absolute Gasteiger partial charge is 0.484 e. The summed E-state index contributed by atoms with van der Waals surface area (Å²) in [5, 5.41) is 3.00. The van der Waals surface area contributed by atoms with Gasteiger partial charge in [-0.3, -0.25) is 4.79 Å². The summed E-state index contributed by atoms with van der Waals surface area (Å²) < 4.78 is 5.49. The highest BCUT2D eigenvalue weighted by Crippen LogP contribution is 2.19. The number of nitrogens with two attached hydrogens (primary N) is 1. The van der Waals surface area contributed by atoms with E-state index < -0.39 is 0 Å². The number of nitrogens with one attached hydrogen (secondary N) is 1. The molecule has 3 N–H and O–H groups in total. The first-order valence-electron chi connectivity index (χ1n) is 7.46. The molecular formula is C16H24N2O2. The monoisotopic (exact) mass is 276 g/mol. The Morgan fingerprint density at radius 1 is 1.35 bits per heavy atom. The Balaban J connectivity index is 1.77. The fourth-order valence-corrected chi connectivity index (χ4v) is 2.54. The van der Waals surface area contributed by atoms with Gasteiger partial charge in [-0.15, -0.1) is 0 Å². The van der Waals surface area contributed by atoms with Crippen LogP contribution in [0, 0.1) is 0 Å². The van der Waals surface area contributed by atoms with E-state index in [1.54, 1.807) is 0 Å². The van der Waals surface area contributed by atoms with Crippen LogP contribution < -0.4 is 15.8 Å². The smallest absolute Gasteiger partial charge is 0.258 e. The van der Waals surface area contributed by atoms with Crippen LogP contribution in [0.2, 0.25) is 0 Å². The molecule has 110 valence electrons. The average molecular weight is 276 g/mol. The first kappa shape index (κ1) is 14.9. The van der Waals surface area contributed by atoms with Gasteiger partial charge in [0.15, 0.2) is 6.61 Å². The second kappa shape index (κ2) is 7.29. The summed E-state index contributed by atoms with van der Waals surface area (Å²) in [6, 6.07) is 8.06. The van der Waals surface area contributed by atoms with Crippen molar-refractivity contribution in [2.45, 2.75) is 51.1 Å². The van der Waals surface area contributed by atoms with Crippen LogP contribution in [0.5, 0.6) is 5.75 Å². The van der Waals surface area contributed by atoms with Gasteiger partial charge in [0.1, 0.15) is 5.75 Å². The summed E-state index contributed by atoms with van der Waals surface area (Å²) in [4.78, 5) is 11.7. The number of ether oxygens (including phenoxy) is 1. The highest BCUT2D eigenvalue weighted by molar-refractivity contribution is 5.77. The first-order valence-corrected chi connectivity index (χ1v) is 7.46. The van der Waals surface area contributed by atoms with Gasteiger partial charge in [0.2, 0.25) is 0 Å². The second-order valence-corrected chi connectivity index (χ2v) is 5.42. The zero-order chi connectivity index (χ0) is 14.4. The van der Waals surface area contributed by atoms with Crippen LogP contribution in [0.25, 0.3) is 0 Å². The lowest BCUT2D eigenvalue weighted by molar-refractivity contribution is -0.123. The molecule has 4 heteroatoms. The van der Waals surface area contributed by atoms with E-state index in [2.05, 4.69) is 12.2 Å². The van der Waals surface area contributed by atoms with E-state index in [4.69, 9.17) is 10.5 Å². The van der Waals surface area contributed by atoms with E-state index in [0.717, 1.165) is 24.8 Å². The van der Waals surface area contributed by atoms with Crippen LogP contribution in [0.3, 0.4) is 0 Å². The number of rotatable bonds is 6. The lowest BCUT2D eigenvalue weighted by atomic mass is 10.1. The van der Waals surface area contributed by atoms with Crippen molar-refractivity contribution in [1.82, 2.24) is 5.32 Å². The Hall–Kier alpha value is -1.55. The molecular weight excluding hydrogens is 252 g/mol. The SMILES string of the molecule is CC[C@H](N)c1ccc(OCC(=O)NC2CCCC2)cc1. The number of hydrogen-bond donors (Lipinski definition) is 2. The van der Waals surface area contributed by atoms with Crippen LogP contribution in [-0.2, 0) is 4.79 Å². The molecule has 0 unspecified atom stereocenters. The van der Waals surface area contributed by atoms with Gasteiger partial charge in [0.25, 0.3) is 5.91 Å². The van der Waals surface area contributed by atoms with Crippen molar-refractivity contribution >= 4 is 5.91 Å². The van der Waals surface area contributed by atoms with Crippen LogP contribution in [0.1, 0.15) is 50.6 Å². The van der Waals surface area contributed by atoms with Gasteiger partial charge in [-0.1, -0.05) is 31.9 Å². The van der Waals surface area contributed by atoms with E-state index in [1.807, 2.05) is 24.3 Å². The van der Waals surface area contributed by atoms with Crippen molar-refractivity contribution in [2.24, 2.45) is 5.73 Å². The van der Waals surface area contributed by atoms with Gasteiger partial charge in [0, 0.05) is 12.1 Å². The quantitative estimate of drug-likeness (QED) is 0.839. The molecule has 1 aromatic carbocycles. The number of carbonyl (C=O) groups is 1. The summed E-state index contributed by atoms with van der Waals surface area (Å²) in [5.41, 5.74) is 7.05. The molecule has 1 amide bonds. The minimum atomic E-state index is -0.0359. The Kier molecular flexibility index (Phi) is 5.41. The van der Waals surface area contributed by atoms with Crippen LogP contribution in [-0.4, -0.2) is 18.6 Å². The second-order valence-electron chi connectivity index (χ2n) is 5.42. The fourth-order valence-electron chi connectivity index (χ4n) is 2.54. The molecule has 0 aromatic heterocycles. The summed E-state index contributed by atoms with van der Waals surface area (Å²) in [5.74, 6) is 0.671. The van der Waals surface area contributed by atoms with E-state index >= 15 is 0 Å². The number of benzene rings is 1. The lowest BCUT2D eigenvalue weighted by Gasteiger charge is -2.13. The van der Waals surface area contributed by atoms with Crippen molar-refractivity contribution in [2.75, 3.05) is 6.61 Å². The Morgan fingerprint density at radius 3 is 2.60 bits per heavy atom. The van der Waals surface area contributed by atoms with Crippen molar-refractivity contribution in [3.8, 4) is 5.75 Å². The molecule has 0 aliphatic heterocycles. The molecule has 1 atom stereocenters. The number of hydrogen-bond acceptors (Lipinski definition) is 3. The normalized spacial score (nSPS) is 16.9. The Bertz CT molecular complexity index is 425. The van der Waals surface area contributed by atoms with E-state index in [9.17, 15) is 4.79 Å². The maximum atomic E-state index is 11.7. The minimum absolute atomic E-state index is 0.0359. The van der Waals surface area contributed by atoms with Crippen molar-refractivity contribution in [1.29, 1.82) is 0 Å². The maximum absolute atomic E-state index is 11.7. The minimum Gasteiger partial charge on any atom is -0.484 e. The molecule has 0 radical (unpaired) electrons. The lowest BCUT2D eigenvalue weighted by Crippen LogP contribution is -2.36. The van der Waals surface area contributed by atoms with Crippen molar-refractivity contribution in [3.63, 3.8) is 0 Å². The maximum Gasteiger partial charge on any atom is 0.258 e. The van der Waals surface area contributed by atoms with Crippen LogP contribution >= 0.6 is 0 Å². The van der Waals surface area contributed by atoms with Crippen LogP contribution in [0.4, 0.5) is 0 Å². The molecule has 0 bridgehead atoms. The molecule has 0 heterocycles. The molecule has 1 aliphatic rings. The third-order valence-corrected chi connectivity index (χ3v) is 3.84. The summed E-state index contributed by atoms with van der Waals surface area (Å²) in [7, 11) is 0. The third-order valence-electron chi connectivity index (χ3n) is 3.84. The van der Waals surface area contributed by atoms with Gasteiger partial charge < -0.3 is 15.8 Å². The standard InChI is InChI=1S/C16H24N2O2/c1-2-15(17)12-7-9-14(10-8-12)20-11-16(19)18-13-5-3-4-6-13/h7-10,13,15H,2-6,11,17H2,1H3,(H,18,19)/t15-/m0/s1. The van der Waals surface area contributed by atoms with Gasteiger partial charge in [-0.25, -0.2) is 0 Å². The molecule has 2 rings (SSSR count). The van der Waals surface area contributed by atoms with Crippen molar-refractivity contribution < 1.29 is 9.53 Å². The summed E-state index contributed by atoms with van der Waals surface area (Å²) >= 11 is 0. The topological polar surface area (TPSA) is 64.3 Å². The first-order chi connectivity index (χ1) is 9.69. The van der Waals surface area contributed by atoms with Gasteiger partial charge in [-0.2, -0.15) is 0 Å². The third kappa shape index (κ3) is 4.23. The van der Waals surface area contributed by atoms with E-state index in [-0.39, 0.29) is 18.6 Å². The highest BCUT2D eigenvalue weighted by Gasteiger charge is 2.17. The van der Waals surface area contributed by atoms with E-state index in [1.165, 1.54) is 12.8 Å². The Morgan fingerprint density at radius 2 is 2.00 bits per heavy atom. The molecule has 1 saturated carbocycles. The molecule has 1 aliphatic carbocycles. The predicted octanol–water partition coefficient (Wildman–Crippen LogP) is 2.53. The summed E-state index contributed by atoms with van der Waals surface area (Å²) in [6.45, 7) is 2.14. The van der Waals surface area contributed by atoms with Gasteiger partial charge in [0.05, 0.1) is 0 Å². The summed E-state index contributed by atoms with van der Waals surface area (Å²) in [6.07, 6.45) is 5.52. The number of carbonyl (C=O) groups excluding carboxylic acids is 1. The fraction of sp³-hybridized carbons (Fsp3) is 0.562. The average Bonchev–Trinajstić information content (AvgIpc) is 2.97. The molecule has 1 fully saturated rings. The molecule has 0 spiro atoms. The van der Waals surface area contributed by atoms with Crippen molar-refractivity contribution in [3.05, 3.63) is 29.8 Å². The molecule has 20 heavy (non-hydrogen) atoms. The Labute approximate surface area is 120 Å². The molecule has 1 aromatic rings. The zero-order valence-corrected chi connectivity index (χ0v) is 12.1. The van der Waals surface area contributed by atoms with Gasteiger partial charge >= 0.3 is 0 Å². The zero-order valence-electron chi connectivity index (χ0n) is 12.1. The van der Waals surface area contributed by atoms with Gasteiger partial charge in [-0.05, 0) is 37.0 Å². The number of amides is 1. The predicted molar refractivity (Wildman–Crippen MR) is 79.6 cm³/mol. The van der Waals surface area contributed by atoms with Crippen LogP contribution in [0.15, 0.2) is 24.3 Å². The molecule has 0 saturated heterocycles.